The van der Waals surface area contributed by atoms with Crippen LogP contribution in [0.25, 0.3) is 0 Å². The summed E-state index contributed by atoms with van der Waals surface area (Å²) in [5.41, 5.74) is 7.91. The van der Waals surface area contributed by atoms with Gasteiger partial charge in [0.15, 0.2) is 11.1 Å². The molecule has 4 N–H and O–H groups in total. The zero-order chi connectivity index (χ0) is 18.7. The van der Waals surface area contributed by atoms with Gasteiger partial charge < -0.3 is 21.3 Å². The highest BCUT2D eigenvalue weighted by Crippen LogP contribution is 2.35. The number of hydrogen-bond donors (Lipinski definition) is 3. The molecular formula is C17H16Cl2FN5S. The largest absolute Gasteiger partial charge is 0.376 e. The molecule has 9 heteroatoms. The van der Waals surface area contributed by atoms with E-state index in [0.717, 1.165) is 12.1 Å². The predicted octanol–water partition coefficient (Wildman–Crippen LogP) is 3.75. The van der Waals surface area contributed by atoms with Gasteiger partial charge in [-0.15, -0.1) is 0 Å². The molecule has 2 aromatic rings. The molecule has 0 atom stereocenters. The number of hydrogen-bond acceptors (Lipinski definition) is 4. The average molecular weight is 412 g/mol. The highest BCUT2D eigenvalue weighted by Gasteiger charge is 2.17. The van der Waals surface area contributed by atoms with Crippen LogP contribution >= 0.6 is 35.4 Å². The van der Waals surface area contributed by atoms with Crippen LogP contribution in [0.5, 0.6) is 0 Å². The molecule has 1 aliphatic heterocycles. The van der Waals surface area contributed by atoms with Gasteiger partial charge in [0.1, 0.15) is 5.82 Å². The van der Waals surface area contributed by atoms with E-state index in [0.29, 0.717) is 40.5 Å². The first-order valence-corrected chi connectivity index (χ1v) is 8.96. The lowest BCUT2D eigenvalue weighted by molar-refractivity contribution is 0.627. The fraction of sp³-hybridized carbons (Fsp3) is 0.176. The summed E-state index contributed by atoms with van der Waals surface area (Å²) in [5, 5.41) is 7.14. The van der Waals surface area contributed by atoms with Crippen LogP contribution in [-0.4, -0.2) is 24.2 Å². The monoisotopic (exact) mass is 411 g/mol. The number of anilines is 2. The van der Waals surface area contributed by atoms with Gasteiger partial charge in [-0.2, -0.15) is 0 Å². The third-order valence-corrected chi connectivity index (χ3v) is 4.59. The Kier molecular flexibility index (Phi) is 5.80. The Bertz CT molecular complexity index is 834. The third kappa shape index (κ3) is 4.35. The first-order chi connectivity index (χ1) is 12.4. The summed E-state index contributed by atoms with van der Waals surface area (Å²) in [7, 11) is 0. The van der Waals surface area contributed by atoms with Crippen LogP contribution in [0.3, 0.4) is 0 Å². The fourth-order valence-electron chi connectivity index (χ4n) is 2.50. The number of halogens is 3. The molecule has 0 saturated heterocycles. The SMILES string of the molecule is NC(=S)N(Cc1ccc(F)cc1)c1cc(Cl)c(NC2=NCCN2)c(Cl)c1. The van der Waals surface area contributed by atoms with Crippen molar-refractivity contribution in [1.29, 1.82) is 0 Å². The fourth-order valence-corrected chi connectivity index (χ4v) is 3.24. The molecule has 0 saturated carbocycles. The third-order valence-electron chi connectivity index (χ3n) is 3.78. The second-order valence-electron chi connectivity index (χ2n) is 5.62. The van der Waals surface area contributed by atoms with Crippen molar-refractivity contribution in [2.24, 2.45) is 10.7 Å². The van der Waals surface area contributed by atoms with Crippen LogP contribution in [-0.2, 0) is 6.54 Å². The number of nitrogens with zero attached hydrogens (tertiary/aromatic N) is 2. The van der Waals surface area contributed by atoms with E-state index in [1.54, 1.807) is 29.2 Å². The molecule has 0 aliphatic carbocycles. The molecule has 0 aromatic heterocycles. The van der Waals surface area contributed by atoms with Crippen molar-refractivity contribution in [3.63, 3.8) is 0 Å². The lowest BCUT2D eigenvalue weighted by Crippen LogP contribution is -2.35. The van der Waals surface area contributed by atoms with Gasteiger partial charge in [0, 0.05) is 12.2 Å². The Morgan fingerprint density at radius 2 is 1.92 bits per heavy atom. The van der Waals surface area contributed by atoms with Gasteiger partial charge in [0.25, 0.3) is 0 Å². The van der Waals surface area contributed by atoms with Gasteiger partial charge in [0.2, 0.25) is 0 Å². The maximum absolute atomic E-state index is 13.1. The molecule has 0 bridgehead atoms. The molecule has 5 nitrogen and oxygen atoms in total. The number of nitrogens with one attached hydrogen (secondary N) is 2. The Morgan fingerprint density at radius 1 is 1.27 bits per heavy atom. The molecule has 3 rings (SSSR count). The molecule has 2 aromatic carbocycles. The van der Waals surface area contributed by atoms with Crippen molar-refractivity contribution in [2.45, 2.75) is 6.54 Å². The summed E-state index contributed by atoms with van der Waals surface area (Å²) in [4.78, 5) is 5.93. The smallest absolute Gasteiger partial charge is 0.196 e. The summed E-state index contributed by atoms with van der Waals surface area (Å²) in [6, 6.07) is 9.54. The van der Waals surface area contributed by atoms with Crippen molar-refractivity contribution in [3.8, 4) is 0 Å². The Morgan fingerprint density at radius 3 is 2.46 bits per heavy atom. The standard InChI is InChI=1S/C17H16Cl2FN5S/c18-13-7-12(8-14(19)15(13)24-17-22-5-6-23-17)25(16(21)26)9-10-1-3-11(20)4-2-10/h1-4,7-8H,5-6,9H2,(H2,21,26)(H2,22,23,24). The van der Waals surface area contributed by atoms with E-state index >= 15 is 0 Å². The van der Waals surface area contributed by atoms with Gasteiger partial charge in [0.05, 0.1) is 28.8 Å². The van der Waals surface area contributed by atoms with Gasteiger partial charge in [-0.05, 0) is 42.0 Å². The quantitative estimate of drug-likeness (QED) is 0.668. The maximum Gasteiger partial charge on any atom is 0.196 e. The van der Waals surface area contributed by atoms with Crippen molar-refractivity contribution in [3.05, 3.63) is 57.8 Å². The molecular weight excluding hydrogens is 396 g/mol. The Labute approximate surface area is 166 Å². The lowest BCUT2D eigenvalue weighted by Gasteiger charge is -2.24. The normalized spacial score (nSPS) is 13.1. The number of guanidine groups is 1. The van der Waals surface area contributed by atoms with Gasteiger partial charge in [-0.25, -0.2) is 4.39 Å². The average Bonchev–Trinajstić information content (AvgIpc) is 3.10. The summed E-state index contributed by atoms with van der Waals surface area (Å²) in [6.45, 7) is 1.83. The van der Waals surface area contributed by atoms with Crippen molar-refractivity contribution in [2.75, 3.05) is 23.3 Å². The van der Waals surface area contributed by atoms with Crippen LogP contribution in [0, 0.1) is 5.82 Å². The summed E-state index contributed by atoms with van der Waals surface area (Å²) < 4.78 is 13.1. The van der Waals surface area contributed by atoms with Gasteiger partial charge >= 0.3 is 0 Å². The maximum atomic E-state index is 13.1. The zero-order valence-corrected chi connectivity index (χ0v) is 15.9. The number of rotatable bonds is 4. The second-order valence-corrected chi connectivity index (χ2v) is 6.85. The van der Waals surface area contributed by atoms with E-state index in [1.807, 2.05) is 0 Å². The van der Waals surface area contributed by atoms with Crippen LogP contribution in [0.1, 0.15) is 5.56 Å². The second kappa shape index (κ2) is 8.07. The number of nitrogens with two attached hydrogens (primary N) is 1. The number of thiocarbonyl (C=S) groups is 1. The van der Waals surface area contributed by atoms with Crippen molar-refractivity contribution < 1.29 is 4.39 Å². The van der Waals surface area contributed by atoms with E-state index in [1.165, 1.54) is 12.1 Å². The number of benzene rings is 2. The Hall–Kier alpha value is -2.09. The first-order valence-electron chi connectivity index (χ1n) is 7.80. The molecule has 1 heterocycles. The summed E-state index contributed by atoms with van der Waals surface area (Å²) >= 11 is 17.9. The lowest BCUT2D eigenvalue weighted by atomic mass is 10.2. The molecule has 136 valence electrons. The first kappa shape index (κ1) is 18.7. The highest BCUT2D eigenvalue weighted by atomic mass is 35.5. The minimum absolute atomic E-state index is 0.156. The van der Waals surface area contributed by atoms with E-state index in [-0.39, 0.29) is 10.9 Å². The van der Waals surface area contributed by atoms with Crippen LogP contribution in [0.2, 0.25) is 10.0 Å². The predicted molar refractivity (Wildman–Crippen MR) is 110 cm³/mol. The highest BCUT2D eigenvalue weighted by molar-refractivity contribution is 7.80. The summed E-state index contributed by atoms with van der Waals surface area (Å²) in [6.07, 6.45) is 0. The molecule has 26 heavy (non-hydrogen) atoms. The van der Waals surface area contributed by atoms with Crippen LogP contribution in [0.15, 0.2) is 41.4 Å². The van der Waals surface area contributed by atoms with Crippen molar-refractivity contribution in [1.82, 2.24) is 5.32 Å². The van der Waals surface area contributed by atoms with Gasteiger partial charge in [-0.3, -0.25) is 4.99 Å². The molecule has 1 aliphatic rings. The van der Waals surface area contributed by atoms with E-state index in [9.17, 15) is 4.39 Å². The minimum atomic E-state index is -0.305. The zero-order valence-electron chi connectivity index (χ0n) is 13.6. The molecule has 0 radical (unpaired) electrons. The topological polar surface area (TPSA) is 65.7 Å². The van der Waals surface area contributed by atoms with Gasteiger partial charge in [-0.1, -0.05) is 35.3 Å². The van der Waals surface area contributed by atoms with E-state index in [4.69, 9.17) is 41.2 Å². The van der Waals surface area contributed by atoms with Crippen molar-refractivity contribution >= 4 is 57.9 Å². The minimum Gasteiger partial charge on any atom is -0.376 e. The molecule has 0 spiro atoms. The Balaban J connectivity index is 1.87. The summed E-state index contributed by atoms with van der Waals surface area (Å²) in [5.74, 6) is 0.319. The van der Waals surface area contributed by atoms with E-state index < -0.39 is 0 Å². The van der Waals surface area contributed by atoms with Crippen LogP contribution < -0.4 is 21.3 Å². The molecule has 0 amide bonds. The van der Waals surface area contributed by atoms with E-state index in [2.05, 4.69) is 15.6 Å². The molecule has 0 fully saturated rings. The van der Waals surface area contributed by atoms with Crippen LogP contribution in [0.4, 0.5) is 15.8 Å². The number of aliphatic imine (C=N–C) groups is 1. The molecule has 0 unspecified atom stereocenters.